The molecule has 1 aromatic carbocycles. The van der Waals surface area contributed by atoms with Crippen molar-refractivity contribution in [3.63, 3.8) is 0 Å². The first kappa shape index (κ1) is 12.4. The second-order valence-electron chi connectivity index (χ2n) is 4.36. The lowest BCUT2D eigenvalue weighted by Crippen LogP contribution is -2.03. The molecule has 0 aliphatic rings. The number of pyridine rings is 1. The highest BCUT2D eigenvalue weighted by molar-refractivity contribution is 7.99. The molecule has 0 aliphatic heterocycles. The summed E-state index contributed by atoms with van der Waals surface area (Å²) in [5.41, 5.74) is 1.87. The lowest BCUT2D eigenvalue weighted by atomic mass is 10.1. The van der Waals surface area contributed by atoms with E-state index in [-0.39, 0.29) is 0 Å². The highest BCUT2D eigenvalue weighted by Crippen LogP contribution is 2.23. The highest BCUT2D eigenvalue weighted by atomic mass is 32.2. The maximum absolute atomic E-state index is 10.1. The Morgan fingerprint density at radius 2 is 2.06 bits per heavy atom. The summed E-state index contributed by atoms with van der Waals surface area (Å²) in [6, 6.07) is 9.99. The number of rotatable bonds is 4. The summed E-state index contributed by atoms with van der Waals surface area (Å²) < 4.78 is 0. The van der Waals surface area contributed by atoms with Crippen LogP contribution < -0.4 is 0 Å². The van der Waals surface area contributed by atoms with E-state index < -0.39 is 6.10 Å². The predicted octanol–water partition coefficient (Wildman–Crippen LogP) is 3.41. The molecule has 0 saturated heterocycles. The molecule has 2 rings (SSSR count). The van der Waals surface area contributed by atoms with E-state index in [0.29, 0.717) is 5.25 Å². The third kappa shape index (κ3) is 3.20. The van der Waals surface area contributed by atoms with Gasteiger partial charge in [-0.25, -0.2) is 0 Å². The third-order valence-electron chi connectivity index (χ3n) is 2.58. The van der Waals surface area contributed by atoms with Crippen molar-refractivity contribution in [2.45, 2.75) is 25.2 Å². The van der Waals surface area contributed by atoms with Crippen LogP contribution in [0.5, 0.6) is 0 Å². The summed E-state index contributed by atoms with van der Waals surface area (Å²) in [6.07, 6.45) is 1.34. The Kier molecular flexibility index (Phi) is 4.02. The Balaban J connectivity index is 2.18. The number of aromatic nitrogens is 1. The minimum absolute atomic E-state index is 0.431. The fourth-order valence-electron chi connectivity index (χ4n) is 1.65. The molecule has 17 heavy (non-hydrogen) atoms. The van der Waals surface area contributed by atoms with E-state index in [1.165, 1.54) is 0 Å². The molecule has 1 heterocycles. The van der Waals surface area contributed by atoms with E-state index in [0.717, 1.165) is 22.2 Å². The minimum atomic E-state index is -0.431. The number of aliphatic hydroxyl groups is 1. The zero-order valence-corrected chi connectivity index (χ0v) is 10.9. The van der Waals surface area contributed by atoms with Crippen LogP contribution in [0, 0.1) is 0 Å². The fraction of sp³-hybridized carbons (Fsp3) is 0.357. The van der Waals surface area contributed by atoms with Gasteiger partial charge in [-0.1, -0.05) is 32.0 Å². The van der Waals surface area contributed by atoms with Gasteiger partial charge in [0.2, 0.25) is 0 Å². The number of hydrogen-bond acceptors (Lipinski definition) is 3. The summed E-state index contributed by atoms with van der Waals surface area (Å²) in [4.78, 5) is 4.36. The number of benzene rings is 1. The molecule has 0 amide bonds. The molecule has 2 aromatic rings. The van der Waals surface area contributed by atoms with E-state index >= 15 is 0 Å². The van der Waals surface area contributed by atoms with Crippen molar-refractivity contribution in [1.82, 2.24) is 4.98 Å². The first-order chi connectivity index (χ1) is 8.16. The first-order valence-corrected chi connectivity index (χ1v) is 6.86. The molecular weight excluding hydrogens is 230 g/mol. The number of thioether (sulfide) groups is 1. The van der Waals surface area contributed by atoms with Gasteiger partial charge < -0.3 is 5.11 Å². The normalized spacial score (nSPS) is 13.2. The Morgan fingerprint density at radius 3 is 2.82 bits per heavy atom. The van der Waals surface area contributed by atoms with Crippen LogP contribution in [0.1, 0.15) is 25.5 Å². The Bertz CT molecular complexity index is 498. The predicted molar refractivity (Wildman–Crippen MR) is 74.3 cm³/mol. The van der Waals surface area contributed by atoms with Crippen molar-refractivity contribution >= 4 is 22.7 Å². The molecule has 1 atom stereocenters. The zero-order chi connectivity index (χ0) is 12.3. The Labute approximate surface area is 106 Å². The van der Waals surface area contributed by atoms with E-state index in [1.54, 1.807) is 18.0 Å². The van der Waals surface area contributed by atoms with Gasteiger partial charge in [-0.3, -0.25) is 4.98 Å². The van der Waals surface area contributed by atoms with E-state index in [9.17, 15) is 5.11 Å². The lowest BCUT2D eigenvalue weighted by molar-refractivity contribution is 0.204. The largest absolute Gasteiger partial charge is 0.387 e. The van der Waals surface area contributed by atoms with Crippen molar-refractivity contribution in [2.24, 2.45) is 0 Å². The van der Waals surface area contributed by atoms with Crippen molar-refractivity contribution < 1.29 is 5.11 Å². The molecule has 1 aromatic heterocycles. The summed E-state index contributed by atoms with van der Waals surface area (Å²) in [5.74, 6) is 0.720. The second kappa shape index (κ2) is 5.52. The standard InChI is InChI=1S/C14H17NOS/c1-10(2)17-9-14(16)12-7-11-5-3-4-6-13(11)15-8-12/h3-8,10,14,16H,9H2,1-2H3. The molecule has 0 radical (unpaired) electrons. The maximum Gasteiger partial charge on any atom is 0.0895 e. The molecule has 3 heteroatoms. The van der Waals surface area contributed by atoms with Crippen molar-refractivity contribution in [3.8, 4) is 0 Å². The maximum atomic E-state index is 10.1. The van der Waals surface area contributed by atoms with E-state index in [4.69, 9.17) is 0 Å². The van der Waals surface area contributed by atoms with Gasteiger partial charge in [0.15, 0.2) is 0 Å². The van der Waals surface area contributed by atoms with Gasteiger partial charge in [0.1, 0.15) is 0 Å². The SMILES string of the molecule is CC(C)SCC(O)c1cnc2ccccc2c1. The van der Waals surface area contributed by atoms with Crippen LogP contribution in [0.15, 0.2) is 36.5 Å². The summed E-state index contributed by atoms with van der Waals surface area (Å²) in [5, 5.41) is 11.7. The number of hydrogen-bond donors (Lipinski definition) is 1. The fourth-order valence-corrected chi connectivity index (χ4v) is 2.41. The molecule has 2 nitrogen and oxygen atoms in total. The van der Waals surface area contributed by atoms with Gasteiger partial charge in [-0.15, -0.1) is 0 Å². The van der Waals surface area contributed by atoms with Crippen LogP contribution in [0.3, 0.4) is 0 Å². The smallest absolute Gasteiger partial charge is 0.0895 e. The zero-order valence-electron chi connectivity index (χ0n) is 10.1. The van der Waals surface area contributed by atoms with Gasteiger partial charge in [0, 0.05) is 22.9 Å². The van der Waals surface area contributed by atoms with Crippen LogP contribution in [0.25, 0.3) is 10.9 Å². The molecule has 0 saturated carbocycles. The van der Waals surface area contributed by atoms with Crippen LogP contribution in [-0.4, -0.2) is 21.1 Å². The third-order valence-corrected chi connectivity index (χ3v) is 3.76. The van der Waals surface area contributed by atoms with Gasteiger partial charge in [-0.2, -0.15) is 11.8 Å². The topological polar surface area (TPSA) is 33.1 Å². The van der Waals surface area contributed by atoms with Crippen LogP contribution in [0.2, 0.25) is 0 Å². The Hall–Kier alpha value is -1.06. The quantitative estimate of drug-likeness (QED) is 0.898. The second-order valence-corrected chi connectivity index (χ2v) is 5.97. The highest BCUT2D eigenvalue weighted by Gasteiger charge is 2.09. The molecule has 1 N–H and O–H groups in total. The van der Waals surface area contributed by atoms with Crippen molar-refractivity contribution in [2.75, 3.05) is 5.75 Å². The number of aliphatic hydroxyl groups excluding tert-OH is 1. The molecule has 0 bridgehead atoms. The number of nitrogens with zero attached hydrogens (tertiary/aromatic N) is 1. The van der Waals surface area contributed by atoms with Gasteiger partial charge in [0.05, 0.1) is 11.6 Å². The van der Waals surface area contributed by atoms with E-state index in [2.05, 4.69) is 18.8 Å². The minimum Gasteiger partial charge on any atom is -0.387 e. The van der Waals surface area contributed by atoms with Crippen molar-refractivity contribution in [3.05, 3.63) is 42.1 Å². The molecular formula is C14H17NOS. The number of para-hydroxylation sites is 1. The molecule has 0 aliphatic carbocycles. The average molecular weight is 247 g/mol. The van der Waals surface area contributed by atoms with E-state index in [1.807, 2.05) is 30.3 Å². The number of fused-ring (bicyclic) bond motifs is 1. The van der Waals surface area contributed by atoms with Crippen LogP contribution in [0.4, 0.5) is 0 Å². The van der Waals surface area contributed by atoms with Gasteiger partial charge in [0.25, 0.3) is 0 Å². The molecule has 1 unspecified atom stereocenters. The average Bonchev–Trinajstić information content (AvgIpc) is 2.35. The van der Waals surface area contributed by atoms with Crippen LogP contribution in [-0.2, 0) is 0 Å². The molecule has 0 spiro atoms. The van der Waals surface area contributed by atoms with Gasteiger partial charge >= 0.3 is 0 Å². The summed E-state index contributed by atoms with van der Waals surface area (Å²) >= 11 is 1.76. The van der Waals surface area contributed by atoms with Crippen molar-refractivity contribution in [1.29, 1.82) is 0 Å². The van der Waals surface area contributed by atoms with Gasteiger partial charge in [-0.05, 0) is 17.4 Å². The Morgan fingerprint density at radius 1 is 1.29 bits per heavy atom. The lowest BCUT2D eigenvalue weighted by Gasteiger charge is -2.12. The monoisotopic (exact) mass is 247 g/mol. The van der Waals surface area contributed by atoms with Crippen LogP contribution >= 0.6 is 11.8 Å². The summed E-state index contributed by atoms with van der Waals surface area (Å²) in [6.45, 7) is 4.27. The summed E-state index contributed by atoms with van der Waals surface area (Å²) in [7, 11) is 0. The first-order valence-electron chi connectivity index (χ1n) is 5.81. The molecule has 90 valence electrons. The molecule has 0 fully saturated rings.